The van der Waals surface area contributed by atoms with E-state index in [1.165, 1.54) is 11.1 Å². The van der Waals surface area contributed by atoms with Crippen molar-refractivity contribution in [2.24, 2.45) is 0 Å². The summed E-state index contributed by atoms with van der Waals surface area (Å²) in [5, 5.41) is 3.45. The number of aryl methyl sites for hydroxylation is 1. The third-order valence-electron chi connectivity index (χ3n) is 2.62. The Labute approximate surface area is 96.4 Å². The zero-order valence-electron chi connectivity index (χ0n) is 9.64. The molecule has 1 aromatic carbocycles. The van der Waals surface area contributed by atoms with Crippen LogP contribution in [0.3, 0.4) is 0 Å². The molecule has 2 nitrogen and oxygen atoms in total. The van der Waals surface area contributed by atoms with Crippen LogP contribution in [0.2, 0.25) is 0 Å². The van der Waals surface area contributed by atoms with Crippen molar-refractivity contribution in [3.05, 3.63) is 59.9 Å². The molecule has 0 fully saturated rings. The van der Waals surface area contributed by atoms with Crippen molar-refractivity contribution in [3.63, 3.8) is 0 Å². The molecule has 0 aliphatic rings. The van der Waals surface area contributed by atoms with Crippen LogP contribution < -0.4 is 5.32 Å². The Morgan fingerprint density at radius 3 is 2.50 bits per heavy atom. The number of aromatic nitrogens is 1. The predicted octanol–water partition coefficient (Wildman–Crippen LogP) is 3.56. The lowest BCUT2D eigenvalue weighted by Crippen LogP contribution is -2.06. The average molecular weight is 212 g/mol. The predicted molar refractivity (Wildman–Crippen MR) is 67.5 cm³/mol. The van der Waals surface area contributed by atoms with Crippen LogP contribution in [0.4, 0.5) is 5.69 Å². The maximum atomic E-state index is 4.12. The number of anilines is 1. The van der Waals surface area contributed by atoms with Gasteiger partial charge in [0, 0.05) is 18.1 Å². The van der Waals surface area contributed by atoms with Gasteiger partial charge in [-0.25, -0.2) is 0 Å². The fraction of sp³-hybridized carbons (Fsp3) is 0.214. The number of nitrogens with one attached hydrogen (secondary N) is 1. The Morgan fingerprint density at radius 1 is 1.12 bits per heavy atom. The second-order valence-corrected chi connectivity index (χ2v) is 4.02. The zero-order valence-corrected chi connectivity index (χ0v) is 9.64. The lowest BCUT2D eigenvalue weighted by Gasteiger charge is -2.15. The van der Waals surface area contributed by atoms with E-state index in [1.807, 2.05) is 12.3 Å². The summed E-state index contributed by atoms with van der Waals surface area (Å²) < 4.78 is 0. The van der Waals surface area contributed by atoms with Crippen LogP contribution in [0.15, 0.2) is 48.8 Å². The Kier molecular flexibility index (Phi) is 3.20. The SMILES string of the molecule is Cc1ccc(NC(C)c2cccnc2)cc1. The van der Waals surface area contributed by atoms with Gasteiger partial charge in [0.1, 0.15) is 0 Å². The van der Waals surface area contributed by atoms with Gasteiger partial charge in [0.25, 0.3) is 0 Å². The molecule has 0 saturated heterocycles. The molecule has 0 spiro atoms. The van der Waals surface area contributed by atoms with E-state index in [1.54, 1.807) is 6.20 Å². The van der Waals surface area contributed by atoms with Gasteiger partial charge in [-0.1, -0.05) is 23.8 Å². The molecule has 0 bridgehead atoms. The fourth-order valence-corrected chi connectivity index (χ4v) is 1.62. The third kappa shape index (κ3) is 2.60. The zero-order chi connectivity index (χ0) is 11.4. The normalized spacial score (nSPS) is 12.1. The molecule has 82 valence electrons. The highest BCUT2D eigenvalue weighted by atomic mass is 14.9. The summed E-state index contributed by atoms with van der Waals surface area (Å²) in [4.78, 5) is 4.12. The molecule has 1 atom stereocenters. The topological polar surface area (TPSA) is 24.9 Å². The van der Waals surface area contributed by atoms with Gasteiger partial charge in [-0.05, 0) is 37.6 Å². The summed E-state index contributed by atoms with van der Waals surface area (Å²) in [5.41, 5.74) is 3.62. The van der Waals surface area contributed by atoms with Crippen LogP contribution in [0, 0.1) is 6.92 Å². The van der Waals surface area contributed by atoms with E-state index in [2.05, 4.69) is 54.5 Å². The molecular formula is C14H16N2. The minimum Gasteiger partial charge on any atom is -0.378 e. The molecule has 1 aromatic heterocycles. The van der Waals surface area contributed by atoms with E-state index < -0.39 is 0 Å². The quantitative estimate of drug-likeness (QED) is 0.841. The molecule has 1 N–H and O–H groups in total. The Morgan fingerprint density at radius 2 is 1.88 bits per heavy atom. The summed E-state index contributed by atoms with van der Waals surface area (Å²) in [7, 11) is 0. The number of nitrogens with zero attached hydrogens (tertiary/aromatic N) is 1. The summed E-state index contributed by atoms with van der Waals surface area (Å²) in [6, 6.07) is 12.7. The lowest BCUT2D eigenvalue weighted by atomic mass is 10.1. The monoisotopic (exact) mass is 212 g/mol. The molecule has 16 heavy (non-hydrogen) atoms. The van der Waals surface area contributed by atoms with E-state index in [0.29, 0.717) is 0 Å². The first-order chi connectivity index (χ1) is 7.75. The van der Waals surface area contributed by atoms with Crippen LogP contribution >= 0.6 is 0 Å². The smallest absolute Gasteiger partial charge is 0.0500 e. The second kappa shape index (κ2) is 4.79. The largest absolute Gasteiger partial charge is 0.378 e. The molecular weight excluding hydrogens is 196 g/mol. The van der Waals surface area contributed by atoms with Gasteiger partial charge < -0.3 is 5.32 Å². The van der Waals surface area contributed by atoms with Crippen molar-refractivity contribution in [2.75, 3.05) is 5.32 Å². The molecule has 2 heteroatoms. The molecule has 0 radical (unpaired) electrons. The number of hydrogen-bond acceptors (Lipinski definition) is 2. The number of rotatable bonds is 3. The van der Waals surface area contributed by atoms with Gasteiger partial charge in [0.15, 0.2) is 0 Å². The Bertz CT molecular complexity index is 434. The third-order valence-corrected chi connectivity index (χ3v) is 2.62. The van der Waals surface area contributed by atoms with Crippen molar-refractivity contribution in [1.82, 2.24) is 4.98 Å². The number of hydrogen-bond donors (Lipinski definition) is 1. The first-order valence-electron chi connectivity index (χ1n) is 5.49. The lowest BCUT2D eigenvalue weighted by molar-refractivity contribution is 0.875. The summed E-state index contributed by atoms with van der Waals surface area (Å²) in [5.74, 6) is 0. The van der Waals surface area contributed by atoms with Crippen molar-refractivity contribution in [3.8, 4) is 0 Å². The highest BCUT2D eigenvalue weighted by Crippen LogP contribution is 2.18. The van der Waals surface area contributed by atoms with Crippen molar-refractivity contribution < 1.29 is 0 Å². The van der Waals surface area contributed by atoms with Crippen molar-refractivity contribution >= 4 is 5.69 Å². The van der Waals surface area contributed by atoms with Crippen molar-refractivity contribution in [2.45, 2.75) is 19.9 Å². The van der Waals surface area contributed by atoms with Gasteiger partial charge in [-0.15, -0.1) is 0 Å². The fourth-order valence-electron chi connectivity index (χ4n) is 1.62. The molecule has 2 aromatic rings. The maximum Gasteiger partial charge on any atom is 0.0500 e. The van der Waals surface area contributed by atoms with Crippen molar-refractivity contribution in [1.29, 1.82) is 0 Å². The molecule has 0 amide bonds. The first-order valence-corrected chi connectivity index (χ1v) is 5.49. The van der Waals surface area contributed by atoms with E-state index >= 15 is 0 Å². The Balaban J connectivity index is 2.08. The summed E-state index contributed by atoms with van der Waals surface area (Å²) in [6.07, 6.45) is 3.69. The highest BCUT2D eigenvalue weighted by molar-refractivity contribution is 5.46. The molecule has 2 rings (SSSR count). The molecule has 0 aliphatic carbocycles. The van der Waals surface area contributed by atoms with E-state index in [-0.39, 0.29) is 6.04 Å². The van der Waals surface area contributed by atoms with Gasteiger partial charge >= 0.3 is 0 Å². The molecule has 0 aliphatic heterocycles. The van der Waals surface area contributed by atoms with Gasteiger partial charge in [-0.3, -0.25) is 4.98 Å². The van der Waals surface area contributed by atoms with Crippen LogP contribution in [0.25, 0.3) is 0 Å². The number of benzene rings is 1. The second-order valence-electron chi connectivity index (χ2n) is 4.02. The highest BCUT2D eigenvalue weighted by Gasteiger charge is 2.04. The first kappa shape index (κ1) is 10.7. The van der Waals surface area contributed by atoms with Crippen LogP contribution in [-0.4, -0.2) is 4.98 Å². The maximum absolute atomic E-state index is 4.12. The minimum absolute atomic E-state index is 0.274. The Hall–Kier alpha value is -1.83. The number of pyridine rings is 1. The average Bonchev–Trinajstić information content (AvgIpc) is 2.33. The summed E-state index contributed by atoms with van der Waals surface area (Å²) >= 11 is 0. The molecule has 0 saturated carbocycles. The van der Waals surface area contributed by atoms with E-state index in [0.717, 1.165) is 5.69 Å². The van der Waals surface area contributed by atoms with Gasteiger partial charge in [0.05, 0.1) is 6.04 Å². The van der Waals surface area contributed by atoms with Crippen LogP contribution in [0.1, 0.15) is 24.1 Å². The standard InChI is InChI=1S/C14H16N2/c1-11-5-7-14(8-6-11)16-12(2)13-4-3-9-15-10-13/h3-10,12,16H,1-2H3. The van der Waals surface area contributed by atoms with Crippen LogP contribution in [0.5, 0.6) is 0 Å². The summed E-state index contributed by atoms with van der Waals surface area (Å²) in [6.45, 7) is 4.23. The molecule has 1 heterocycles. The molecule has 1 unspecified atom stereocenters. The van der Waals surface area contributed by atoms with E-state index in [9.17, 15) is 0 Å². The van der Waals surface area contributed by atoms with Gasteiger partial charge in [0.2, 0.25) is 0 Å². The van der Waals surface area contributed by atoms with Crippen LogP contribution in [-0.2, 0) is 0 Å². The minimum atomic E-state index is 0.274. The van der Waals surface area contributed by atoms with E-state index in [4.69, 9.17) is 0 Å². The van der Waals surface area contributed by atoms with Gasteiger partial charge in [-0.2, -0.15) is 0 Å².